The van der Waals surface area contributed by atoms with Gasteiger partial charge in [-0.2, -0.15) is 0 Å². The van der Waals surface area contributed by atoms with Gasteiger partial charge in [-0.3, -0.25) is 9.59 Å². The van der Waals surface area contributed by atoms with Crippen LogP contribution in [0, 0.1) is 0 Å². The summed E-state index contributed by atoms with van der Waals surface area (Å²) in [5.74, 6) is 1.17. The second-order valence-electron chi connectivity index (χ2n) is 6.05. The quantitative estimate of drug-likeness (QED) is 0.737. The van der Waals surface area contributed by atoms with E-state index in [1.54, 1.807) is 19.1 Å². The molecule has 0 atom stereocenters. The van der Waals surface area contributed by atoms with Crippen molar-refractivity contribution < 1.29 is 19.1 Å². The molecule has 2 rings (SSSR count). The first-order chi connectivity index (χ1) is 13.0. The predicted molar refractivity (Wildman–Crippen MR) is 105 cm³/mol. The molecular weight excluding hydrogens is 344 g/mol. The third kappa shape index (κ3) is 6.02. The smallest absolute Gasteiger partial charge is 0.223 e. The van der Waals surface area contributed by atoms with E-state index in [-0.39, 0.29) is 18.2 Å². The number of rotatable bonds is 9. The molecule has 0 unspecified atom stereocenters. The van der Waals surface area contributed by atoms with Gasteiger partial charge in [-0.25, -0.2) is 0 Å². The Balaban J connectivity index is 1.81. The van der Waals surface area contributed by atoms with Crippen LogP contribution in [0.2, 0.25) is 0 Å². The molecular formula is C21H26N2O4. The number of carbonyl (C=O) groups is 2. The molecule has 6 nitrogen and oxygen atoms in total. The molecule has 0 radical (unpaired) electrons. The number of hydrogen-bond donors (Lipinski definition) is 1. The van der Waals surface area contributed by atoms with E-state index in [9.17, 15) is 9.59 Å². The molecule has 1 N–H and O–H groups in total. The van der Waals surface area contributed by atoms with Crippen LogP contribution in [0.25, 0.3) is 0 Å². The Hall–Kier alpha value is -3.02. The lowest BCUT2D eigenvalue weighted by molar-refractivity contribution is -0.121. The van der Waals surface area contributed by atoms with Gasteiger partial charge in [0.2, 0.25) is 11.8 Å². The van der Waals surface area contributed by atoms with Gasteiger partial charge in [0.15, 0.2) is 11.5 Å². The van der Waals surface area contributed by atoms with Gasteiger partial charge in [-0.05, 0) is 36.2 Å². The fourth-order valence-electron chi connectivity index (χ4n) is 2.76. The summed E-state index contributed by atoms with van der Waals surface area (Å²) in [6.07, 6.45) is 0.932. The standard InChI is InChI=1S/C21H26N2O4/c1-16(24)23(18-7-5-4-6-8-18)14-12-21(25)22-13-11-17-9-10-19(26-2)20(15-17)27-3/h4-10,15H,11-14H2,1-3H3,(H,22,25). The van der Waals surface area contributed by atoms with Gasteiger partial charge in [0.25, 0.3) is 0 Å². The lowest BCUT2D eigenvalue weighted by atomic mass is 10.1. The largest absolute Gasteiger partial charge is 0.493 e. The van der Waals surface area contributed by atoms with Crippen molar-refractivity contribution in [3.63, 3.8) is 0 Å². The summed E-state index contributed by atoms with van der Waals surface area (Å²) in [4.78, 5) is 25.6. The Kier molecular flexibility index (Phi) is 7.67. The van der Waals surface area contributed by atoms with Crippen molar-refractivity contribution in [1.82, 2.24) is 5.32 Å². The van der Waals surface area contributed by atoms with Crippen LogP contribution in [0.5, 0.6) is 11.5 Å². The average molecular weight is 370 g/mol. The Morgan fingerprint density at radius 3 is 2.33 bits per heavy atom. The summed E-state index contributed by atoms with van der Waals surface area (Å²) < 4.78 is 10.5. The van der Waals surface area contributed by atoms with E-state index >= 15 is 0 Å². The molecule has 0 fully saturated rings. The number of anilines is 1. The predicted octanol–water partition coefficient (Wildman–Crippen LogP) is 2.81. The van der Waals surface area contributed by atoms with Crippen LogP contribution in [0.4, 0.5) is 5.69 Å². The SMILES string of the molecule is COc1ccc(CCNC(=O)CCN(C(C)=O)c2ccccc2)cc1OC. The van der Waals surface area contributed by atoms with Crippen molar-refractivity contribution in [1.29, 1.82) is 0 Å². The topological polar surface area (TPSA) is 67.9 Å². The lowest BCUT2D eigenvalue weighted by Crippen LogP contribution is -2.34. The van der Waals surface area contributed by atoms with Crippen LogP contribution < -0.4 is 19.7 Å². The van der Waals surface area contributed by atoms with Gasteiger partial charge in [0.1, 0.15) is 0 Å². The second kappa shape index (κ2) is 10.2. The molecule has 2 amide bonds. The van der Waals surface area contributed by atoms with Gasteiger partial charge in [-0.1, -0.05) is 24.3 Å². The van der Waals surface area contributed by atoms with E-state index in [0.29, 0.717) is 31.0 Å². The minimum absolute atomic E-state index is 0.0840. The molecule has 0 heterocycles. The average Bonchev–Trinajstić information content (AvgIpc) is 2.68. The summed E-state index contributed by atoms with van der Waals surface area (Å²) in [7, 11) is 3.19. The molecule has 0 aromatic heterocycles. The highest BCUT2D eigenvalue weighted by Gasteiger charge is 2.13. The number of amides is 2. The van der Waals surface area contributed by atoms with Gasteiger partial charge in [0.05, 0.1) is 14.2 Å². The molecule has 0 aliphatic rings. The molecule has 2 aromatic rings. The molecule has 0 saturated carbocycles. The molecule has 27 heavy (non-hydrogen) atoms. The zero-order valence-electron chi connectivity index (χ0n) is 16.0. The van der Waals surface area contributed by atoms with E-state index in [1.807, 2.05) is 48.5 Å². The summed E-state index contributed by atoms with van der Waals surface area (Å²) in [5.41, 5.74) is 1.84. The molecule has 6 heteroatoms. The van der Waals surface area contributed by atoms with Crippen LogP contribution >= 0.6 is 0 Å². The minimum Gasteiger partial charge on any atom is -0.493 e. The van der Waals surface area contributed by atoms with Gasteiger partial charge in [0, 0.05) is 32.1 Å². The second-order valence-corrected chi connectivity index (χ2v) is 6.05. The molecule has 0 saturated heterocycles. The van der Waals surface area contributed by atoms with Crippen molar-refractivity contribution in [2.75, 3.05) is 32.2 Å². The maximum Gasteiger partial charge on any atom is 0.223 e. The van der Waals surface area contributed by atoms with Crippen molar-refractivity contribution in [3.8, 4) is 11.5 Å². The van der Waals surface area contributed by atoms with Crippen LogP contribution in [0.1, 0.15) is 18.9 Å². The summed E-state index contributed by atoms with van der Waals surface area (Å²) >= 11 is 0. The van der Waals surface area contributed by atoms with E-state index in [2.05, 4.69) is 5.32 Å². The Morgan fingerprint density at radius 1 is 1.00 bits per heavy atom. The Labute approximate surface area is 160 Å². The monoisotopic (exact) mass is 370 g/mol. The molecule has 0 aliphatic carbocycles. The number of hydrogen-bond acceptors (Lipinski definition) is 4. The van der Waals surface area contributed by atoms with Gasteiger partial charge >= 0.3 is 0 Å². The minimum atomic E-state index is -0.0855. The number of benzene rings is 2. The first kappa shape index (κ1) is 20.3. The molecule has 0 aliphatic heterocycles. The maximum atomic E-state index is 12.1. The third-order valence-electron chi connectivity index (χ3n) is 4.19. The van der Waals surface area contributed by atoms with Crippen molar-refractivity contribution >= 4 is 17.5 Å². The lowest BCUT2D eigenvalue weighted by Gasteiger charge is -2.20. The number of para-hydroxylation sites is 1. The van der Waals surface area contributed by atoms with E-state index < -0.39 is 0 Å². The first-order valence-electron chi connectivity index (χ1n) is 8.86. The third-order valence-corrected chi connectivity index (χ3v) is 4.19. The number of carbonyl (C=O) groups excluding carboxylic acids is 2. The fourth-order valence-corrected chi connectivity index (χ4v) is 2.76. The number of nitrogens with zero attached hydrogens (tertiary/aromatic N) is 1. The zero-order chi connectivity index (χ0) is 19.6. The van der Waals surface area contributed by atoms with Crippen LogP contribution in [0.15, 0.2) is 48.5 Å². The van der Waals surface area contributed by atoms with Crippen LogP contribution in [-0.2, 0) is 16.0 Å². The number of methoxy groups -OCH3 is 2. The van der Waals surface area contributed by atoms with Gasteiger partial charge < -0.3 is 19.7 Å². The Morgan fingerprint density at radius 2 is 1.70 bits per heavy atom. The highest BCUT2D eigenvalue weighted by Crippen LogP contribution is 2.27. The highest BCUT2D eigenvalue weighted by atomic mass is 16.5. The van der Waals surface area contributed by atoms with E-state index in [0.717, 1.165) is 11.3 Å². The van der Waals surface area contributed by atoms with Crippen molar-refractivity contribution in [2.24, 2.45) is 0 Å². The van der Waals surface area contributed by atoms with Crippen LogP contribution in [0.3, 0.4) is 0 Å². The number of nitrogens with one attached hydrogen (secondary N) is 1. The number of ether oxygens (including phenoxy) is 2. The molecule has 2 aromatic carbocycles. The fraction of sp³-hybridized carbons (Fsp3) is 0.333. The summed E-state index contributed by atoms with van der Waals surface area (Å²) in [6, 6.07) is 15.0. The van der Waals surface area contributed by atoms with Crippen LogP contribution in [-0.4, -0.2) is 39.1 Å². The normalized spacial score (nSPS) is 10.2. The van der Waals surface area contributed by atoms with Crippen molar-refractivity contribution in [3.05, 3.63) is 54.1 Å². The van der Waals surface area contributed by atoms with E-state index in [1.165, 1.54) is 6.92 Å². The molecule has 0 spiro atoms. The maximum absolute atomic E-state index is 12.1. The first-order valence-corrected chi connectivity index (χ1v) is 8.86. The van der Waals surface area contributed by atoms with Gasteiger partial charge in [-0.15, -0.1) is 0 Å². The molecule has 0 bridgehead atoms. The Bertz CT molecular complexity index is 762. The van der Waals surface area contributed by atoms with E-state index in [4.69, 9.17) is 9.47 Å². The van der Waals surface area contributed by atoms with Crippen molar-refractivity contribution in [2.45, 2.75) is 19.8 Å². The summed E-state index contributed by atoms with van der Waals surface area (Å²) in [6.45, 7) is 2.36. The summed E-state index contributed by atoms with van der Waals surface area (Å²) in [5, 5.41) is 2.89. The molecule has 144 valence electrons. The zero-order valence-corrected chi connectivity index (χ0v) is 16.0. The highest BCUT2D eigenvalue weighted by molar-refractivity contribution is 5.92.